The van der Waals surface area contributed by atoms with Crippen LogP contribution in [0, 0.1) is 0 Å². The average Bonchev–Trinajstić information content (AvgIpc) is 3.68. The van der Waals surface area contributed by atoms with Crippen LogP contribution in [-0.4, -0.2) is 79.4 Å². The number of sulfone groups is 1. The highest BCUT2D eigenvalue weighted by atomic mass is 32.2. The Bertz CT molecular complexity index is 2110. The summed E-state index contributed by atoms with van der Waals surface area (Å²) in [5.41, 5.74) is -1.56. The second kappa shape index (κ2) is 16.1. The van der Waals surface area contributed by atoms with Crippen molar-refractivity contribution in [3.8, 4) is 17.0 Å². The van der Waals surface area contributed by atoms with Gasteiger partial charge in [0, 0.05) is 35.2 Å². The molecule has 4 aromatic rings. The Labute approximate surface area is 316 Å². The summed E-state index contributed by atoms with van der Waals surface area (Å²) in [6.07, 6.45) is -6.42. The first-order chi connectivity index (χ1) is 26.0. The number of carbonyl (C=O) groups excluding carboxylic acids is 1. The van der Waals surface area contributed by atoms with E-state index in [9.17, 15) is 39.6 Å². The highest BCUT2D eigenvalue weighted by molar-refractivity contribution is 7.91. The molecule has 2 saturated heterocycles. The zero-order valence-electron chi connectivity index (χ0n) is 30.8. The number of alkyl halides is 6. The zero-order valence-corrected chi connectivity index (χ0v) is 31.6. The Morgan fingerprint density at radius 2 is 1.60 bits per heavy atom. The van der Waals surface area contributed by atoms with E-state index in [0.717, 1.165) is 50.9 Å². The van der Waals surface area contributed by atoms with E-state index < -0.39 is 45.8 Å². The van der Waals surface area contributed by atoms with Gasteiger partial charge in [-0.25, -0.2) is 13.4 Å². The second-order valence-corrected chi connectivity index (χ2v) is 16.6. The molecular weight excluding hydrogens is 747 g/mol. The molecule has 1 atom stereocenters. The molecule has 8 nitrogen and oxygen atoms in total. The minimum atomic E-state index is -4.95. The van der Waals surface area contributed by atoms with Crippen molar-refractivity contribution >= 4 is 26.6 Å². The Kier molecular flexibility index (Phi) is 11.8. The van der Waals surface area contributed by atoms with E-state index in [-0.39, 0.29) is 61.8 Å². The van der Waals surface area contributed by atoms with Gasteiger partial charge in [-0.2, -0.15) is 26.3 Å². The maximum Gasteiger partial charge on any atom is 0.416 e. The summed E-state index contributed by atoms with van der Waals surface area (Å²) in [4.78, 5) is 23.6. The van der Waals surface area contributed by atoms with Gasteiger partial charge in [0.15, 0.2) is 15.9 Å². The topological polar surface area (TPSA) is 91.8 Å². The first kappa shape index (κ1) is 40.5. The van der Waals surface area contributed by atoms with Gasteiger partial charge in [0.05, 0.1) is 34.2 Å². The maximum absolute atomic E-state index is 14.7. The zero-order chi connectivity index (χ0) is 39.7. The summed E-state index contributed by atoms with van der Waals surface area (Å²) in [5, 5.41) is 2.08. The van der Waals surface area contributed by atoms with E-state index in [0.29, 0.717) is 19.1 Å². The molecule has 296 valence electrons. The molecule has 0 unspecified atom stereocenters. The maximum atomic E-state index is 14.7. The summed E-state index contributed by atoms with van der Waals surface area (Å²) < 4.78 is 119. The number of likely N-dealkylation sites (tertiary alicyclic amines) is 2. The molecule has 2 fully saturated rings. The molecule has 1 aromatic heterocycles. The van der Waals surface area contributed by atoms with E-state index >= 15 is 0 Å². The quantitative estimate of drug-likeness (QED) is 0.152. The number of ether oxygens (including phenoxy) is 1. The summed E-state index contributed by atoms with van der Waals surface area (Å²) >= 11 is 0. The van der Waals surface area contributed by atoms with Crippen molar-refractivity contribution in [3.05, 3.63) is 89.0 Å². The lowest BCUT2D eigenvalue weighted by Gasteiger charge is -2.37. The van der Waals surface area contributed by atoms with Crippen LogP contribution in [0.3, 0.4) is 0 Å². The summed E-state index contributed by atoms with van der Waals surface area (Å²) in [5.74, 6) is -1.65. The van der Waals surface area contributed by atoms with Crippen molar-refractivity contribution in [2.75, 3.05) is 31.9 Å². The number of benzene rings is 3. The highest BCUT2D eigenvalue weighted by Crippen LogP contribution is 2.40. The molecule has 1 amide bonds. The Morgan fingerprint density at radius 1 is 0.927 bits per heavy atom. The minimum Gasteiger partial charge on any atom is -0.490 e. The third kappa shape index (κ3) is 9.10. The molecule has 0 radical (unpaired) electrons. The normalized spacial score (nSPS) is 17.2. The number of hydrogen-bond donors (Lipinski definition) is 1. The smallest absolute Gasteiger partial charge is 0.416 e. The number of rotatable bonds is 11. The van der Waals surface area contributed by atoms with E-state index in [1.807, 2.05) is 4.90 Å². The molecule has 0 saturated carbocycles. The van der Waals surface area contributed by atoms with Crippen LogP contribution in [0.5, 0.6) is 5.75 Å². The van der Waals surface area contributed by atoms with Gasteiger partial charge in [-0.1, -0.05) is 49.4 Å². The van der Waals surface area contributed by atoms with Gasteiger partial charge in [-0.3, -0.25) is 9.69 Å². The monoisotopic (exact) mass is 790 g/mol. The number of fused-ring (bicyclic) bond motifs is 1. The van der Waals surface area contributed by atoms with Crippen LogP contribution in [-0.2, 0) is 22.6 Å². The fourth-order valence-electron chi connectivity index (χ4n) is 7.53. The van der Waals surface area contributed by atoms with Crippen LogP contribution in [0.2, 0.25) is 0 Å². The number of nitrogens with zero attached hydrogens (tertiary/aromatic N) is 3. The van der Waals surface area contributed by atoms with Crippen molar-refractivity contribution in [2.45, 2.75) is 88.4 Å². The first-order valence-electron chi connectivity index (χ1n) is 18.4. The van der Waals surface area contributed by atoms with Crippen LogP contribution in [0.25, 0.3) is 22.2 Å². The molecule has 2 aliphatic rings. The fourth-order valence-corrected chi connectivity index (χ4v) is 8.55. The van der Waals surface area contributed by atoms with Crippen LogP contribution in [0.15, 0.2) is 71.6 Å². The van der Waals surface area contributed by atoms with E-state index in [1.165, 1.54) is 61.5 Å². The van der Waals surface area contributed by atoms with Crippen molar-refractivity contribution in [3.63, 3.8) is 0 Å². The number of amides is 1. The highest BCUT2D eigenvalue weighted by Gasteiger charge is 2.43. The molecule has 0 aliphatic carbocycles. The van der Waals surface area contributed by atoms with Crippen molar-refractivity contribution < 1.29 is 44.3 Å². The molecule has 15 heteroatoms. The molecule has 1 N–H and O–H groups in total. The van der Waals surface area contributed by atoms with E-state index in [2.05, 4.69) is 10.2 Å². The van der Waals surface area contributed by atoms with Crippen LogP contribution >= 0.6 is 0 Å². The third-order valence-corrected chi connectivity index (χ3v) is 12.0. The summed E-state index contributed by atoms with van der Waals surface area (Å²) in [7, 11) is -4.04. The molecule has 3 heterocycles. The average molecular weight is 791 g/mol. The van der Waals surface area contributed by atoms with Gasteiger partial charge in [0.2, 0.25) is 0 Å². The molecule has 3 aromatic carbocycles. The SMILES string of the molecule is CCS(=O)(=O)c1cc2c(C(=O)N[C@H](c3ccccc3)C(F)(F)F)c(CN3CCC(N4CCCC4)CC3)c(-c3cccc(C(F)(F)F)c3)nc2cc1OC(C)C. The lowest BCUT2D eigenvalue weighted by Crippen LogP contribution is -2.44. The number of piperidine rings is 1. The number of pyridine rings is 1. The first-order valence-corrected chi connectivity index (χ1v) is 20.1. The van der Waals surface area contributed by atoms with Gasteiger partial charge in [0.25, 0.3) is 5.91 Å². The van der Waals surface area contributed by atoms with Gasteiger partial charge >= 0.3 is 12.4 Å². The Morgan fingerprint density at radius 3 is 2.20 bits per heavy atom. The fraction of sp³-hybridized carbons (Fsp3) is 0.450. The number of hydrogen-bond acceptors (Lipinski definition) is 7. The molecule has 55 heavy (non-hydrogen) atoms. The van der Waals surface area contributed by atoms with Gasteiger partial charge in [-0.05, 0) is 89.5 Å². The van der Waals surface area contributed by atoms with E-state index in [4.69, 9.17) is 9.72 Å². The molecule has 0 bridgehead atoms. The third-order valence-electron chi connectivity index (χ3n) is 10.3. The van der Waals surface area contributed by atoms with Gasteiger partial charge < -0.3 is 15.0 Å². The summed E-state index contributed by atoms with van der Waals surface area (Å²) in [6, 6.07) is 11.5. The predicted molar refractivity (Wildman–Crippen MR) is 197 cm³/mol. The van der Waals surface area contributed by atoms with Gasteiger partial charge in [0.1, 0.15) is 10.6 Å². The number of halogens is 6. The van der Waals surface area contributed by atoms with Gasteiger partial charge in [-0.15, -0.1) is 0 Å². The number of carbonyl (C=O) groups is 1. The predicted octanol–water partition coefficient (Wildman–Crippen LogP) is 8.60. The Hall–Kier alpha value is -4.21. The molecule has 2 aliphatic heterocycles. The van der Waals surface area contributed by atoms with E-state index in [1.54, 1.807) is 13.8 Å². The lowest BCUT2D eigenvalue weighted by atomic mass is 9.93. The molecule has 6 rings (SSSR count). The van der Waals surface area contributed by atoms with Crippen LogP contribution in [0.4, 0.5) is 26.3 Å². The lowest BCUT2D eigenvalue weighted by molar-refractivity contribution is -0.155. The van der Waals surface area contributed by atoms with Crippen LogP contribution in [0.1, 0.15) is 79.5 Å². The minimum absolute atomic E-state index is 0.0141. The molecular formula is C40H44F6N4O4S. The number of aromatic nitrogens is 1. The standard InChI is InChI=1S/C40H44F6N4O4S/c1-4-55(52,53)34-22-30-32(23-33(34)54-25(2)3)47-36(27-13-10-14-28(21-27)39(41,42)43)31(24-49-19-15-29(16-20-49)50-17-8-9-18-50)35(30)38(51)48-37(40(44,45)46)26-11-6-5-7-12-26/h5-7,10-14,21-23,25,29,37H,4,8-9,15-20,24H2,1-3H3,(H,48,51)/t37-/m1/s1. The van der Waals surface area contributed by atoms with Crippen molar-refractivity contribution in [1.82, 2.24) is 20.1 Å². The Balaban J connectivity index is 1.61. The van der Waals surface area contributed by atoms with Crippen molar-refractivity contribution in [2.24, 2.45) is 0 Å². The number of nitrogens with one attached hydrogen (secondary N) is 1. The second-order valence-electron chi connectivity index (χ2n) is 14.4. The van der Waals surface area contributed by atoms with Crippen LogP contribution < -0.4 is 10.1 Å². The summed E-state index contributed by atoms with van der Waals surface area (Å²) in [6.45, 7) is 7.81. The van der Waals surface area contributed by atoms with Crippen molar-refractivity contribution in [1.29, 1.82) is 0 Å². The largest absolute Gasteiger partial charge is 0.490 e. The molecule has 0 spiro atoms.